The van der Waals surface area contributed by atoms with Crippen molar-refractivity contribution in [3.8, 4) is 0 Å². The van der Waals surface area contributed by atoms with E-state index in [4.69, 9.17) is 21.4 Å². The van der Waals surface area contributed by atoms with E-state index in [-0.39, 0.29) is 18.1 Å². The van der Waals surface area contributed by atoms with Crippen LogP contribution in [0.4, 0.5) is 0 Å². The summed E-state index contributed by atoms with van der Waals surface area (Å²) in [6.07, 6.45) is 0. The van der Waals surface area contributed by atoms with Gasteiger partial charge in [0.2, 0.25) is 10.0 Å². The average Bonchev–Trinajstić information content (AvgIpc) is 2.77. The first-order chi connectivity index (χ1) is 8.90. The molecular weight excluding hydrogens is 294 g/mol. The maximum absolute atomic E-state index is 12.1. The minimum atomic E-state index is -3.78. The van der Waals surface area contributed by atoms with Crippen molar-refractivity contribution in [1.29, 1.82) is 0 Å². The summed E-state index contributed by atoms with van der Waals surface area (Å²) in [6, 6.07) is 4.86. The van der Waals surface area contributed by atoms with Crippen molar-refractivity contribution in [1.82, 2.24) is 4.72 Å². The van der Waals surface area contributed by atoms with E-state index in [1.165, 1.54) is 24.3 Å². The van der Waals surface area contributed by atoms with Crippen molar-refractivity contribution >= 4 is 27.6 Å². The van der Waals surface area contributed by atoms with Gasteiger partial charge in [-0.25, -0.2) is 13.1 Å². The summed E-state index contributed by atoms with van der Waals surface area (Å²) in [5, 5.41) is 9.38. The lowest BCUT2D eigenvalue weighted by Crippen LogP contribution is -2.42. The molecule has 0 saturated carbocycles. The number of benzene rings is 1. The number of halogens is 1. The van der Waals surface area contributed by atoms with Crippen molar-refractivity contribution in [2.24, 2.45) is 5.92 Å². The average molecular weight is 306 g/mol. The Bertz CT molecular complexity index is 571. The van der Waals surface area contributed by atoms with Gasteiger partial charge in [-0.3, -0.25) is 4.79 Å². The molecule has 0 bridgehead atoms. The first-order valence-electron chi connectivity index (χ1n) is 5.48. The molecule has 0 aromatic heterocycles. The van der Waals surface area contributed by atoms with Crippen LogP contribution in [0.25, 0.3) is 0 Å². The molecule has 1 aliphatic rings. The molecule has 0 radical (unpaired) electrons. The molecule has 0 amide bonds. The van der Waals surface area contributed by atoms with Gasteiger partial charge in [-0.2, -0.15) is 0 Å². The second-order valence-corrected chi connectivity index (χ2v) is 6.31. The van der Waals surface area contributed by atoms with E-state index in [2.05, 4.69) is 4.72 Å². The molecule has 1 aromatic rings. The summed E-state index contributed by atoms with van der Waals surface area (Å²) >= 11 is 5.68. The Morgan fingerprint density at radius 2 is 1.95 bits per heavy atom. The fourth-order valence-corrected chi connectivity index (χ4v) is 3.18. The van der Waals surface area contributed by atoms with E-state index in [1.807, 2.05) is 0 Å². The van der Waals surface area contributed by atoms with E-state index < -0.39 is 28.0 Å². The second-order valence-electron chi connectivity index (χ2n) is 4.16. The number of ether oxygens (including phenoxy) is 1. The van der Waals surface area contributed by atoms with Gasteiger partial charge >= 0.3 is 5.97 Å². The fraction of sp³-hybridized carbons (Fsp3) is 0.364. The molecule has 2 N–H and O–H groups in total. The standard InChI is InChI=1S/C11H12ClNO5S/c12-7-1-3-8(4-2-7)19(16,17)13-10-6-18-5-9(10)11(14)15/h1-4,9-10,13H,5-6H2,(H,14,15). The molecule has 2 unspecified atom stereocenters. The van der Waals surface area contributed by atoms with Crippen LogP contribution < -0.4 is 4.72 Å². The van der Waals surface area contributed by atoms with E-state index in [0.29, 0.717) is 5.02 Å². The number of carbonyl (C=O) groups is 1. The Hall–Kier alpha value is -1.15. The second kappa shape index (κ2) is 5.46. The normalized spacial score (nSPS) is 23.4. The fourth-order valence-electron chi connectivity index (χ4n) is 1.79. The van der Waals surface area contributed by atoms with Gasteiger partial charge in [0.05, 0.1) is 30.1 Å². The van der Waals surface area contributed by atoms with Gasteiger partial charge < -0.3 is 9.84 Å². The summed E-state index contributed by atoms with van der Waals surface area (Å²) in [6.45, 7) is 0.0485. The Morgan fingerprint density at radius 3 is 2.53 bits per heavy atom. The van der Waals surface area contributed by atoms with Crippen LogP contribution in [0.2, 0.25) is 5.02 Å². The largest absolute Gasteiger partial charge is 0.481 e. The van der Waals surface area contributed by atoms with Gasteiger partial charge in [0.25, 0.3) is 0 Å². The highest BCUT2D eigenvalue weighted by atomic mass is 35.5. The molecule has 1 aliphatic heterocycles. The van der Waals surface area contributed by atoms with Crippen molar-refractivity contribution < 1.29 is 23.1 Å². The summed E-state index contributed by atoms with van der Waals surface area (Å²) in [4.78, 5) is 11.0. The molecule has 1 aromatic carbocycles. The van der Waals surface area contributed by atoms with Gasteiger partial charge in [0.15, 0.2) is 0 Å². The highest BCUT2D eigenvalue weighted by Crippen LogP contribution is 2.19. The molecule has 8 heteroatoms. The molecule has 1 saturated heterocycles. The van der Waals surface area contributed by atoms with E-state index in [9.17, 15) is 13.2 Å². The Balaban J connectivity index is 2.17. The molecule has 6 nitrogen and oxygen atoms in total. The number of hydrogen-bond acceptors (Lipinski definition) is 4. The van der Waals surface area contributed by atoms with E-state index in [0.717, 1.165) is 0 Å². The third kappa shape index (κ3) is 3.24. The molecule has 1 heterocycles. The smallest absolute Gasteiger partial charge is 0.310 e. The van der Waals surface area contributed by atoms with Gasteiger partial charge in [-0.1, -0.05) is 11.6 Å². The topological polar surface area (TPSA) is 92.7 Å². The van der Waals surface area contributed by atoms with Crippen LogP contribution in [0.3, 0.4) is 0 Å². The molecular formula is C11H12ClNO5S. The van der Waals surface area contributed by atoms with Gasteiger partial charge in [-0.15, -0.1) is 0 Å². The highest BCUT2D eigenvalue weighted by molar-refractivity contribution is 7.89. The van der Waals surface area contributed by atoms with Gasteiger partial charge in [0, 0.05) is 5.02 Å². The zero-order valence-electron chi connectivity index (χ0n) is 9.74. The molecule has 19 heavy (non-hydrogen) atoms. The van der Waals surface area contributed by atoms with Gasteiger partial charge in [-0.05, 0) is 24.3 Å². The predicted molar refractivity (Wildman–Crippen MR) is 67.5 cm³/mol. The molecule has 2 atom stereocenters. The molecule has 2 rings (SSSR count). The van der Waals surface area contributed by atoms with Crippen LogP contribution in [-0.2, 0) is 19.6 Å². The summed E-state index contributed by atoms with van der Waals surface area (Å²) in [5.41, 5.74) is 0. The van der Waals surface area contributed by atoms with Gasteiger partial charge in [0.1, 0.15) is 0 Å². The van der Waals surface area contributed by atoms with Crippen molar-refractivity contribution in [2.45, 2.75) is 10.9 Å². The van der Waals surface area contributed by atoms with Crippen LogP contribution in [0.15, 0.2) is 29.2 Å². The van der Waals surface area contributed by atoms with E-state index >= 15 is 0 Å². The highest BCUT2D eigenvalue weighted by Gasteiger charge is 2.36. The molecule has 0 aliphatic carbocycles. The molecule has 104 valence electrons. The Morgan fingerprint density at radius 1 is 1.32 bits per heavy atom. The minimum absolute atomic E-state index is 0.00311. The molecule has 1 fully saturated rings. The predicted octanol–water partition coefficient (Wildman–Crippen LogP) is 0.718. The Kier molecular flexibility index (Phi) is 4.10. The summed E-state index contributed by atoms with van der Waals surface area (Å²) in [7, 11) is -3.78. The maximum Gasteiger partial charge on any atom is 0.310 e. The number of rotatable bonds is 4. The monoisotopic (exact) mass is 305 g/mol. The maximum atomic E-state index is 12.1. The van der Waals surface area contributed by atoms with Crippen molar-refractivity contribution in [3.05, 3.63) is 29.3 Å². The zero-order valence-corrected chi connectivity index (χ0v) is 11.3. The van der Waals surface area contributed by atoms with Crippen molar-refractivity contribution in [2.75, 3.05) is 13.2 Å². The number of aliphatic carboxylic acids is 1. The summed E-state index contributed by atoms with van der Waals surface area (Å²) < 4.78 is 31.5. The quantitative estimate of drug-likeness (QED) is 0.855. The lowest BCUT2D eigenvalue weighted by atomic mass is 10.1. The summed E-state index contributed by atoms with van der Waals surface area (Å²) in [5.74, 6) is -1.96. The first kappa shape index (κ1) is 14.3. The molecule has 0 spiro atoms. The lowest BCUT2D eigenvalue weighted by Gasteiger charge is -2.15. The number of carboxylic acid groups (broad SMARTS) is 1. The first-order valence-corrected chi connectivity index (χ1v) is 7.35. The van der Waals surface area contributed by atoms with Crippen LogP contribution in [0.1, 0.15) is 0 Å². The van der Waals surface area contributed by atoms with Crippen LogP contribution in [0.5, 0.6) is 0 Å². The van der Waals surface area contributed by atoms with Crippen LogP contribution in [0, 0.1) is 5.92 Å². The zero-order chi connectivity index (χ0) is 14.0. The minimum Gasteiger partial charge on any atom is -0.481 e. The van der Waals surface area contributed by atoms with Crippen LogP contribution >= 0.6 is 11.6 Å². The van der Waals surface area contributed by atoms with Crippen molar-refractivity contribution in [3.63, 3.8) is 0 Å². The third-order valence-corrected chi connectivity index (χ3v) is 4.59. The number of carboxylic acids is 1. The third-order valence-electron chi connectivity index (χ3n) is 2.83. The number of hydrogen-bond donors (Lipinski definition) is 2. The Labute approximate surface area is 115 Å². The number of sulfonamides is 1. The van der Waals surface area contributed by atoms with Crippen LogP contribution in [-0.4, -0.2) is 38.7 Å². The SMILES string of the molecule is O=C(O)C1COCC1NS(=O)(=O)c1ccc(Cl)cc1. The van der Waals surface area contributed by atoms with E-state index in [1.54, 1.807) is 0 Å². The number of nitrogens with one attached hydrogen (secondary N) is 1. The lowest BCUT2D eigenvalue weighted by molar-refractivity contribution is -0.142.